The van der Waals surface area contributed by atoms with Gasteiger partial charge >= 0.3 is 0 Å². The van der Waals surface area contributed by atoms with Gasteiger partial charge in [0, 0.05) is 18.0 Å². The number of benzene rings is 1. The highest BCUT2D eigenvalue weighted by Crippen LogP contribution is 2.35. The fourth-order valence-electron chi connectivity index (χ4n) is 2.85. The Morgan fingerprint density at radius 3 is 2.73 bits per heavy atom. The first-order valence-electron chi connectivity index (χ1n) is 8.25. The van der Waals surface area contributed by atoms with Gasteiger partial charge in [-0.1, -0.05) is 26.0 Å². The van der Waals surface area contributed by atoms with Crippen LogP contribution >= 0.6 is 11.3 Å². The third-order valence-corrected chi connectivity index (χ3v) is 5.37. The molecule has 0 bridgehead atoms. The quantitative estimate of drug-likeness (QED) is 0.848. The summed E-state index contributed by atoms with van der Waals surface area (Å²) in [5.74, 6) is -0.181. The van der Waals surface area contributed by atoms with Crippen molar-refractivity contribution in [2.24, 2.45) is 11.0 Å². The zero-order valence-corrected chi connectivity index (χ0v) is 16.5. The van der Waals surface area contributed by atoms with Crippen molar-refractivity contribution in [1.29, 1.82) is 0 Å². The SMILES string of the molecule is CC(C)C(=O)N1N=C(c2cccc(NS(C)(=O)=O)c2)C[C@@H]1c1ccsc1. The van der Waals surface area contributed by atoms with Crippen LogP contribution in [-0.2, 0) is 14.8 Å². The third-order valence-electron chi connectivity index (χ3n) is 4.06. The first-order chi connectivity index (χ1) is 12.2. The van der Waals surface area contributed by atoms with E-state index in [1.807, 2.05) is 36.7 Å². The van der Waals surface area contributed by atoms with Gasteiger partial charge in [0.25, 0.3) is 0 Å². The molecule has 2 heterocycles. The number of hydrazone groups is 1. The van der Waals surface area contributed by atoms with Gasteiger partial charge in [0.15, 0.2) is 0 Å². The number of anilines is 1. The molecule has 1 aliphatic rings. The number of amides is 1. The second kappa shape index (κ2) is 7.20. The fourth-order valence-corrected chi connectivity index (χ4v) is 4.12. The van der Waals surface area contributed by atoms with Crippen LogP contribution < -0.4 is 4.72 Å². The van der Waals surface area contributed by atoms with Crippen LogP contribution in [0.25, 0.3) is 0 Å². The molecule has 3 rings (SSSR count). The second-order valence-corrected chi connectivity index (χ2v) is 9.14. The van der Waals surface area contributed by atoms with Gasteiger partial charge in [-0.2, -0.15) is 16.4 Å². The Morgan fingerprint density at radius 1 is 1.35 bits per heavy atom. The van der Waals surface area contributed by atoms with Crippen LogP contribution in [0.15, 0.2) is 46.2 Å². The molecule has 138 valence electrons. The molecule has 1 aromatic carbocycles. The lowest BCUT2D eigenvalue weighted by Crippen LogP contribution is -2.30. The van der Waals surface area contributed by atoms with Crippen molar-refractivity contribution in [3.63, 3.8) is 0 Å². The maximum absolute atomic E-state index is 12.6. The Balaban J connectivity index is 1.94. The number of sulfonamides is 1. The Kier molecular flexibility index (Phi) is 5.15. The van der Waals surface area contributed by atoms with E-state index in [-0.39, 0.29) is 17.9 Å². The summed E-state index contributed by atoms with van der Waals surface area (Å²) >= 11 is 1.59. The highest BCUT2D eigenvalue weighted by Gasteiger charge is 2.34. The third kappa shape index (κ3) is 4.13. The molecular weight excluding hydrogens is 370 g/mol. The van der Waals surface area contributed by atoms with Gasteiger partial charge in [0.2, 0.25) is 15.9 Å². The molecule has 1 amide bonds. The zero-order chi connectivity index (χ0) is 18.9. The molecule has 0 aliphatic carbocycles. The van der Waals surface area contributed by atoms with Crippen molar-refractivity contribution in [2.75, 3.05) is 11.0 Å². The summed E-state index contributed by atoms with van der Waals surface area (Å²) in [7, 11) is -3.35. The summed E-state index contributed by atoms with van der Waals surface area (Å²) in [6.07, 6.45) is 1.71. The van der Waals surface area contributed by atoms with Crippen molar-refractivity contribution >= 4 is 38.7 Å². The molecule has 0 saturated carbocycles. The Bertz CT molecular complexity index is 934. The second-order valence-electron chi connectivity index (χ2n) is 6.62. The molecule has 2 aromatic rings. The number of carbonyl (C=O) groups is 1. The van der Waals surface area contributed by atoms with Crippen LogP contribution in [0.4, 0.5) is 5.69 Å². The number of nitrogens with zero attached hydrogens (tertiary/aromatic N) is 2. The maximum Gasteiger partial charge on any atom is 0.245 e. The normalized spacial score (nSPS) is 17.5. The molecule has 1 aromatic heterocycles. The van der Waals surface area contributed by atoms with Crippen molar-refractivity contribution in [2.45, 2.75) is 26.3 Å². The van der Waals surface area contributed by atoms with E-state index in [2.05, 4.69) is 9.82 Å². The van der Waals surface area contributed by atoms with Crippen molar-refractivity contribution in [3.8, 4) is 0 Å². The van der Waals surface area contributed by atoms with E-state index in [0.29, 0.717) is 12.1 Å². The first-order valence-corrected chi connectivity index (χ1v) is 11.1. The predicted octanol–water partition coefficient (Wildman–Crippen LogP) is 3.45. The van der Waals surface area contributed by atoms with Gasteiger partial charge in [-0.3, -0.25) is 9.52 Å². The van der Waals surface area contributed by atoms with Gasteiger partial charge in [-0.05, 0) is 40.1 Å². The fraction of sp³-hybridized carbons (Fsp3) is 0.333. The average Bonchev–Trinajstić information content (AvgIpc) is 3.22. The van der Waals surface area contributed by atoms with Crippen LogP contribution in [-0.4, -0.2) is 31.3 Å². The number of hydrogen-bond donors (Lipinski definition) is 1. The summed E-state index contributed by atoms with van der Waals surface area (Å²) in [6, 6.07) is 8.97. The van der Waals surface area contributed by atoms with Crippen molar-refractivity contribution in [1.82, 2.24) is 5.01 Å². The minimum Gasteiger partial charge on any atom is -0.284 e. The predicted molar refractivity (Wildman–Crippen MR) is 105 cm³/mol. The minimum absolute atomic E-state index is 0.0263. The van der Waals surface area contributed by atoms with Crippen LogP contribution in [0.3, 0.4) is 0 Å². The maximum atomic E-state index is 12.6. The molecule has 8 heteroatoms. The topological polar surface area (TPSA) is 78.8 Å². The van der Waals surface area contributed by atoms with Gasteiger partial charge in [0.05, 0.1) is 18.0 Å². The lowest BCUT2D eigenvalue weighted by Gasteiger charge is -2.22. The Labute approximate surface area is 157 Å². The molecule has 0 unspecified atom stereocenters. The van der Waals surface area contributed by atoms with Crippen molar-refractivity contribution < 1.29 is 13.2 Å². The molecule has 1 N–H and O–H groups in total. The summed E-state index contributed by atoms with van der Waals surface area (Å²) in [5, 5.41) is 10.2. The molecule has 0 fully saturated rings. The van der Waals surface area contributed by atoms with E-state index < -0.39 is 10.0 Å². The van der Waals surface area contributed by atoms with E-state index in [0.717, 1.165) is 23.1 Å². The van der Waals surface area contributed by atoms with E-state index in [4.69, 9.17) is 0 Å². The number of hydrogen-bond acceptors (Lipinski definition) is 5. The van der Waals surface area contributed by atoms with Gasteiger partial charge in [0.1, 0.15) is 0 Å². The summed E-state index contributed by atoms with van der Waals surface area (Å²) < 4.78 is 25.4. The molecular formula is C18H21N3O3S2. The van der Waals surface area contributed by atoms with Gasteiger partial charge in [-0.25, -0.2) is 13.4 Å². The van der Waals surface area contributed by atoms with Gasteiger partial charge < -0.3 is 0 Å². The molecule has 1 atom stereocenters. The summed E-state index contributed by atoms with van der Waals surface area (Å²) in [4.78, 5) is 12.6. The Morgan fingerprint density at radius 2 is 2.12 bits per heavy atom. The molecule has 6 nitrogen and oxygen atoms in total. The standard InChI is InChI=1S/C18H21N3O3S2/c1-12(2)18(22)21-17(14-7-8-25-11-14)10-16(19-21)13-5-4-6-15(9-13)20-26(3,23)24/h4-9,11-12,17,20H,10H2,1-3H3/t17-/m1/s1. The van der Waals surface area contributed by atoms with E-state index in [1.165, 1.54) is 0 Å². The van der Waals surface area contributed by atoms with E-state index >= 15 is 0 Å². The lowest BCUT2D eigenvalue weighted by atomic mass is 9.99. The largest absolute Gasteiger partial charge is 0.284 e. The highest BCUT2D eigenvalue weighted by atomic mass is 32.2. The van der Waals surface area contributed by atoms with Crippen LogP contribution in [0, 0.1) is 5.92 Å². The lowest BCUT2D eigenvalue weighted by molar-refractivity contribution is -0.136. The highest BCUT2D eigenvalue weighted by molar-refractivity contribution is 7.92. The summed E-state index contributed by atoms with van der Waals surface area (Å²) in [6.45, 7) is 3.72. The smallest absolute Gasteiger partial charge is 0.245 e. The molecule has 0 saturated heterocycles. The number of nitrogens with one attached hydrogen (secondary N) is 1. The van der Waals surface area contributed by atoms with Crippen LogP contribution in [0.1, 0.15) is 37.4 Å². The number of carbonyl (C=O) groups excluding carboxylic acids is 1. The molecule has 0 spiro atoms. The molecule has 1 aliphatic heterocycles. The zero-order valence-electron chi connectivity index (χ0n) is 14.8. The molecule has 0 radical (unpaired) electrons. The number of rotatable bonds is 5. The van der Waals surface area contributed by atoms with Gasteiger partial charge in [-0.15, -0.1) is 0 Å². The van der Waals surface area contributed by atoms with Crippen molar-refractivity contribution in [3.05, 3.63) is 52.2 Å². The van der Waals surface area contributed by atoms with E-state index in [9.17, 15) is 13.2 Å². The first kappa shape index (κ1) is 18.6. The average molecular weight is 392 g/mol. The number of thiophene rings is 1. The monoisotopic (exact) mass is 391 g/mol. The van der Waals surface area contributed by atoms with Crippen LogP contribution in [0.5, 0.6) is 0 Å². The van der Waals surface area contributed by atoms with Crippen LogP contribution in [0.2, 0.25) is 0 Å². The summed E-state index contributed by atoms with van der Waals surface area (Å²) in [5.41, 5.74) is 3.12. The van der Waals surface area contributed by atoms with E-state index in [1.54, 1.807) is 34.5 Å². The Hall–Kier alpha value is -2.19. The minimum atomic E-state index is -3.35. The molecule has 26 heavy (non-hydrogen) atoms.